The van der Waals surface area contributed by atoms with Gasteiger partial charge in [-0.1, -0.05) is 35.9 Å². The number of β-amino-alcohol motifs (C(OH)–C–C–N with tert-alkyl or cyclic N) is 1. The molecule has 104 valence electrons. The first kappa shape index (κ1) is 14.5. The minimum Gasteiger partial charge on any atom is -0.388 e. The van der Waals surface area contributed by atoms with Crippen LogP contribution in [0.2, 0.25) is 5.02 Å². The summed E-state index contributed by atoms with van der Waals surface area (Å²) in [6.45, 7) is 4.92. The molecule has 1 aliphatic rings. The van der Waals surface area contributed by atoms with Gasteiger partial charge in [0, 0.05) is 37.7 Å². The van der Waals surface area contributed by atoms with E-state index < -0.39 is 6.10 Å². The number of halogens is 1. The Kier molecular flexibility index (Phi) is 5.40. The summed E-state index contributed by atoms with van der Waals surface area (Å²) in [7, 11) is 2.13. The van der Waals surface area contributed by atoms with E-state index in [0.29, 0.717) is 6.54 Å². The molecular weight excluding hydrogens is 260 g/mol. The zero-order valence-electron chi connectivity index (χ0n) is 11.3. The van der Waals surface area contributed by atoms with Gasteiger partial charge in [-0.25, -0.2) is 0 Å². The maximum Gasteiger partial charge on any atom is 0.0851 e. The Morgan fingerprint density at radius 2 is 1.84 bits per heavy atom. The van der Waals surface area contributed by atoms with Gasteiger partial charge < -0.3 is 10.0 Å². The molecule has 1 aliphatic heterocycles. The fraction of sp³-hybridized carbons (Fsp3) is 0.467. The van der Waals surface area contributed by atoms with Crippen molar-refractivity contribution in [1.82, 2.24) is 9.80 Å². The second-order valence-corrected chi connectivity index (χ2v) is 5.52. The average Bonchev–Trinajstić information content (AvgIpc) is 2.41. The molecule has 4 heteroatoms. The third-order valence-electron chi connectivity index (χ3n) is 3.42. The number of aliphatic hydroxyl groups is 1. The van der Waals surface area contributed by atoms with Crippen LogP contribution >= 0.6 is 11.6 Å². The first-order valence-corrected chi connectivity index (χ1v) is 7.04. The SMILES string of the molecule is CN1CCN(CC(O)/C=C/c2ccc(Cl)cc2)CC1. The first-order valence-electron chi connectivity index (χ1n) is 6.66. The highest BCUT2D eigenvalue weighted by molar-refractivity contribution is 6.30. The summed E-state index contributed by atoms with van der Waals surface area (Å²) in [5.74, 6) is 0. The highest BCUT2D eigenvalue weighted by Crippen LogP contribution is 2.11. The number of hydrogen-bond acceptors (Lipinski definition) is 3. The van der Waals surface area contributed by atoms with Crippen LogP contribution in [0.1, 0.15) is 5.56 Å². The van der Waals surface area contributed by atoms with Crippen molar-refractivity contribution in [2.75, 3.05) is 39.8 Å². The molecular formula is C15H21ClN2O. The standard InChI is InChI=1S/C15H21ClN2O/c1-17-8-10-18(11-9-17)12-15(19)7-4-13-2-5-14(16)6-3-13/h2-7,15,19H,8-12H2,1H3/b7-4+. The molecule has 1 heterocycles. The molecule has 2 rings (SSSR count). The van der Waals surface area contributed by atoms with Gasteiger partial charge in [-0.05, 0) is 24.7 Å². The molecule has 0 radical (unpaired) electrons. The van der Waals surface area contributed by atoms with Crippen LogP contribution in [0.3, 0.4) is 0 Å². The Morgan fingerprint density at radius 3 is 2.47 bits per heavy atom. The van der Waals surface area contributed by atoms with Gasteiger partial charge in [-0.15, -0.1) is 0 Å². The van der Waals surface area contributed by atoms with Gasteiger partial charge in [0.2, 0.25) is 0 Å². The van der Waals surface area contributed by atoms with Gasteiger partial charge in [-0.2, -0.15) is 0 Å². The monoisotopic (exact) mass is 280 g/mol. The van der Waals surface area contributed by atoms with Crippen molar-refractivity contribution in [2.45, 2.75) is 6.10 Å². The Balaban J connectivity index is 1.80. The van der Waals surface area contributed by atoms with Crippen molar-refractivity contribution >= 4 is 17.7 Å². The highest BCUT2D eigenvalue weighted by Gasteiger charge is 2.15. The summed E-state index contributed by atoms with van der Waals surface area (Å²) in [6, 6.07) is 7.60. The zero-order chi connectivity index (χ0) is 13.7. The fourth-order valence-corrected chi connectivity index (χ4v) is 2.28. The fourth-order valence-electron chi connectivity index (χ4n) is 2.15. The maximum absolute atomic E-state index is 10.0. The summed E-state index contributed by atoms with van der Waals surface area (Å²) < 4.78 is 0. The summed E-state index contributed by atoms with van der Waals surface area (Å²) in [5, 5.41) is 10.7. The molecule has 0 spiro atoms. The van der Waals surface area contributed by atoms with E-state index in [2.05, 4.69) is 16.8 Å². The van der Waals surface area contributed by atoms with Crippen LogP contribution < -0.4 is 0 Å². The molecule has 1 N–H and O–H groups in total. The molecule has 1 unspecified atom stereocenters. The van der Waals surface area contributed by atoms with E-state index in [1.165, 1.54) is 0 Å². The molecule has 0 amide bonds. The number of aliphatic hydroxyl groups excluding tert-OH is 1. The number of likely N-dealkylation sites (N-methyl/N-ethyl adjacent to an activating group) is 1. The minimum absolute atomic E-state index is 0.418. The number of hydrogen-bond donors (Lipinski definition) is 1. The van der Waals surface area contributed by atoms with Crippen molar-refractivity contribution in [3.63, 3.8) is 0 Å². The second-order valence-electron chi connectivity index (χ2n) is 5.08. The third kappa shape index (κ3) is 4.96. The van der Waals surface area contributed by atoms with Gasteiger partial charge in [0.15, 0.2) is 0 Å². The molecule has 3 nitrogen and oxygen atoms in total. The van der Waals surface area contributed by atoms with Gasteiger partial charge in [0.05, 0.1) is 6.10 Å². The summed E-state index contributed by atoms with van der Waals surface area (Å²) in [6.07, 6.45) is 3.37. The Hall–Kier alpha value is -0.870. The minimum atomic E-state index is -0.418. The molecule has 1 fully saturated rings. The van der Waals surface area contributed by atoms with E-state index >= 15 is 0 Å². The first-order chi connectivity index (χ1) is 9.13. The summed E-state index contributed by atoms with van der Waals surface area (Å²) in [5.41, 5.74) is 1.06. The average molecular weight is 281 g/mol. The molecule has 0 aliphatic carbocycles. The van der Waals surface area contributed by atoms with Crippen LogP contribution in [0.4, 0.5) is 0 Å². The lowest BCUT2D eigenvalue weighted by atomic mass is 10.2. The Bertz CT molecular complexity index is 411. The molecule has 1 aromatic carbocycles. The predicted octanol–water partition coefficient (Wildman–Crippen LogP) is 1.96. The van der Waals surface area contributed by atoms with Crippen molar-refractivity contribution in [1.29, 1.82) is 0 Å². The quantitative estimate of drug-likeness (QED) is 0.913. The molecule has 0 aromatic heterocycles. The van der Waals surface area contributed by atoms with Crippen molar-refractivity contribution < 1.29 is 5.11 Å². The van der Waals surface area contributed by atoms with Crippen molar-refractivity contribution in [2.24, 2.45) is 0 Å². The van der Waals surface area contributed by atoms with Crippen LogP contribution in [0, 0.1) is 0 Å². The normalized spacial score (nSPS) is 19.9. The van der Waals surface area contributed by atoms with Crippen LogP contribution in [-0.2, 0) is 0 Å². The van der Waals surface area contributed by atoms with Gasteiger partial charge >= 0.3 is 0 Å². The third-order valence-corrected chi connectivity index (χ3v) is 3.67. The van der Waals surface area contributed by atoms with Crippen molar-refractivity contribution in [3.8, 4) is 0 Å². The summed E-state index contributed by atoms with van der Waals surface area (Å²) in [4.78, 5) is 4.61. The molecule has 0 bridgehead atoms. The zero-order valence-corrected chi connectivity index (χ0v) is 12.1. The molecule has 0 saturated carbocycles. The van der Waals surface area contributed by atoms with Gasteiger partial charge in [-0.3, -0.25) is 4.90 Å². The van der Waals surface area contributed by atoms with Crippen LogP contribution in [-0.4, -0.2) is 60.8 Å². The van der Waals surface area contributed by atoms with Crippen molar-refractivity contribution in [3.05, 3.63) is 40.9 Å². The predicted molar refractivity (Wildman–Crippen MR) is 80.4 cm³/mol. The van der Waals surface area contributed by atoms with Gasteiger partial charge in [0.25, 0.3) is 0 Å². The van der Waals surface area contributed by atoms with E-state index in [9.17, 15) is 5.11 Å². The van der Waals surface area contributed by atoms with E-state index in [1.54, 1.807) is 0 Å². The van der Waals surface area contributed by atoms with E-state index in [-0.39, 0.29) is 0 Å². The number of benzene rings is 1. The molecule has 1 saturated heterocycles. The maximum atomic E-state index is 10.0. The van der Waals surface area contributed by atoms with E-state index in [0.717, 1.165) is 36.8 Å². The van der Waals surface area contributed by atoms with E-state index in [1.807, 2.05) is 36.4 Å². The highest BCUT2D eigenvalue weighted by atomic mass is 35.5. The van der Waals surface area contributed by atoms with Crippen LogP contribution in [0.5, 0.6) is 0 Å². The number of piperazine rings is 1. The Morgan fingerprint density at radius 1 is 1.21 bits per heavy atom. The smallest absolute Gasteiger partial charge is 0.0851 e. The lowest BCUT2D eigenvalue weighted by molar-refractivity contribution is 0.103. The summed E-state index contributed by atoms with van der Waals surface area (Å²) >= 11 is 5.83. The molecule has 19 heavy (non-hydrogen) atoms. The number of nitrogens with zero attached hydrogens (tertiary/aromatic N) is 2. The van der Waals surface area contributed by atoms with Crippen LogP contribution in [0.25, 0.3) is 6.08 Å². The molecule has 1 atom stereocenters. The molecule has 1 aromatic rings. The van der Waals surface area contributed by atoms with Gasteiger partial charge in [0.1, 0.15) is 0 Å². The lowest BCUT2D eigenvalue weighted by Crippen LogP contribution is -2.46. The van der Waals surface area contributed by atoms with Crippen LogP contribution in [0.15, 0.2) is 30.3 Å². The largest absolute Gasteiger partial charge is 0.388 e. The lowest BCUT2D eigenvalue weighted by Gasteiger charge is -2.33. The second kappa shape index (κ2) is 7.06. The number of rotatable bonds is 4. The Labute approximate surface area is 120 Å². The topological polar surface area (TPSA) is 26.7 Å². The van der Waals surface area contributed by atoms with E-state index in [4.69, 9.17) is 11.6 Å².